The number of hydrogen-bond acceptors (Lipinski definition) is 7. The van der Waals surface area contributed by atoms with Crippen molar-refractivity contribution in [2.75, 3.05) is 0 Å². The van der Waals surface area contributed by atoms with Crippen LogP contribution in [0.15, 0.2) is 23.1 Å². The second-order valence-electron chi connectivity index (χ2n) is 4.29. The molecule has 1 aliphatic rings. The number of carboxylic acids is 1. The van der Waals surface area contributed by atoms with Gasteiger partial charge in [-0.15, -0.1) is 0 Å². The summed E-state index contributed by atoms with van der Waals surface area (Å²) in [6.45, 7) is 1.31. The van der Waals surface area contributed by atoms with Crippen LogP contribution in [0.1, 0.15) is 12.5 Å². The average molecular weight is 324 g/mol. The molecule has 21 heavy (non-hydrogen) atoms. The summed E-state index contributed by atoms with van der Waals surface area (Å²) >= 11 is 5.97. The number of carboxylic acid groups (broad SMARTS) is 1. The number of thiocarbonyl (C=S) groups is 1. The maximum Gasteiger partial charge on any atom is 0.266 e. The van der Waals surface area contributed by atoms with Crippen LogP contribution in [0.2, 0.25) is 0 Å². The summed E-state index contributed by atoms with van der Waals surface area (Å²) in [4.78, 5) is 24.2. The first-order valence-electron chi connectivity index (χ1n) is 5.81. The standard InChI is InChI=1S/C13H11NO5S2/c1-6(12(18)19)14-11(17)10(21-13(14)20)5-7-2-3-8(15)9(16)4-7/h2-6,15-16H,1H3,(H,18,19)/p-1/b10-5+/t6-/m0/s1. The highest BCUT2D eigenvalue weighted by Gasteiger charge is 2.35. The van der Waals surface area contributed by atoms with E-state index in [0.29, 0.717) is 5.56 Å². The van der Waals surface area contributed by atoms with Crippen molar-refractivity contribution in [1.29, 1.82) is 0 Å². The molecule has 1 heterocycles. The van der Waals surface area contributed by atoms with Crippen LogP contribution in [-0.4, -0.2) is 37.4 Å². The zero-order chi connectivity index (χ0) is 15.7. The van der Waals surface area contributed by atoms with E-state index >= 15 is 0 Å². The summed E-state index contributed by atoms with van der Waals surface area (Å²) in [5.41, 5.74) is 0.479. The highest BCUT2D eigenvalue weighted by Crippen LogP contribution is 2.35. The molecule has 2 rings (SSSR count). The maximum absolute atomic E-state index is 12.2. The molecule has 0 spiro atoms. The lowest BCUT2D eigenvalue weighted by Crippen LogP contribution is -2.48. The minimum Gasteiger partial charge on any atom is -0.548 e. The van der Waals surface area contributed by atoms with Crippen LogP contribution in [0.4, 0.5) is 0 Å². The van der Waals surface area contributed by atoms with E-state index in [2.05, 4.69) is 0 Å². The highest BCUT2D eigenvalue weighted by atomic mass is 32.2. The Balaban J connectivity index is 2.32. The molecule has 6 nitrogen and oxygen atoms in total. The molecule has 110 valence electrons. The minimum absolute atomic E-state index is 0.131. The molecule has 0 bridgehead atoms. The summed E-state index contributed by atoms with van der Waals surface area (Å²) in [5.74, 6) is -2.52. The van der Waals surface area contributed by atoms with Gasteiger partial charge in [-0.3, -0.25) is 9.69 Å². The van der Waals surface area contributed by atoms with E-state index in [9.17, 15) is 24.9 Å². The number of phenolic OH excluding ortho intramolecular Hbond substituents is 2. The molecule has 0 aliphatic carbocycles. The number of hydrogen-bond donors (Lipinski definition) is 2. The number of aromatic hydroxyl groups is 2. The Hall–Kier alpha value is -2.06. The van der Waals surface area contributed by atoms with Gasteiger partial charge in [-0.1, -0.05) is 30.0 Å². The summed E-state index contributed by atoms with van der Waals surface area (Å²) < 4.78 is 0.131. The molecule has 0 saturated carbocycles. The lowest BCUT2D eigenvalue weighted by atomic mass is 10.2. The number of carbonyl (C=O) groups excluding carboxylic acids is 2. The second kappa shape index (κ2) is 5.74. The quantitative estimate of drug-likeness (QED) is 0.472. The molecular weight excluding hydrogens is 314 g/mol. The van der Waals surface area contributed by atoms with Crippen LogP contribution >= 0.6 is 24.0 Å². The lowest BCUT2D eigenvalue weighted by Gasteiger charge is -2.23. The second-order valence-corrected chi connectivity index (χ2v) is 5.97. The molecule has 0 unspecified atom stereocenters. The predicted octanol–water partition coefficient (Wildman–Crippen LogP) is 0.437. The zero-order valence-electron chi connectivity index (χ0n) is 10.8. The average Bonchev–Trinajstić information content (AvgIpc) is 2.68. The number of carbonyl (C=O) groups is 2. The van der Waals surface area contributed by atoms with Crippen LogP contribution in [0, 0.1) is 0 Å². The van der Waals surface area contributed by atoms with Crippen LogP contribution in [-0.2, 0) is 9.59 Å². The fourth-order valence-electron chi connectivity index (χ4n) is 1.70. The van der Waals surface area contributed by atoms with E-state index in [1.54, 1.807) is 0 Å². The van der Waals surface area contributed by atoms with Crippen molar-refractivity contribution in [3.8, 4) is 11.5 Å². The minimum atomic E-state index is -1.39. The van der Waals surface area contributed by atoms with Crippen molar-refractivity contribution >= 4 is 46.3 Å². The van der Waals surface area contributed by atoms with Crippen molar-refractivity contribution < 1.29 is 24.9 Å². The van der Waals surface area contributed by atoms with Gasteiger partial charge in [0.15, 0.2) is 11.5 Å². The van der Waals surface area contributed by atoms with Crippen molar-refractivity contribution in [2.24, 2.45) is 0 Å². The molecule has 1 aromatic carbocycles. The predicted molar refractivity (Wildman–Crippen MR) is 79.3 cm³/mol. The van der Waals surface area contributed by atoms with E-state index in [1.807, 2.05) is 0 Å². The van der Waals surface area contributed by atoms with Gasteiger partial charge >= 0.3 is 0 Å². The van der Waals surface area contributed by atoms with Gasteiger partial charge in [0.1, 0.15) is 4.32 Å². The van der Waals surface area contributed by atoms with Gasteiger partial charge in [0.05, 0.1) is 16.9 Å². The largest absolute Gasteiger partial charge is 0.548 e. The third-order valence-electron chi connectivity index (χ3n) is 2.85. The van der Waals surface area contributed by atoms with Crippen LogP contribution in [0.25, 0.3) is 6.08 Å². The SMILES string of the molecule is C[C@@H](C(=O)[O-])N1C(=O)/C(=C\c2ccc(O)c(O)c2)SC1=S. The summed E-state index contributed by atoms with van der Waals surface area (Å²) in [6.07, 6.45) is 1.46. The molecule has 8 heteroatoms. The number of rotatable bonds is 3. The van der Waals surface area contributed by atoms with Gasteiger partial charge in [-0.25, -0.2) is 0 Å². The van der Waals surface area contributed by atoms with Gasteiger partial charge in [0.2, 0.25) is 0 Å². The fraction of sp³-hybridized carbons (Fsp3) is 0.154. The van der Waals surface area contributed by atoms with Crippen molar-refractivity contribution in [1.82, 2.24) is 4.90 Å². The maximum atomic E-state index is 12.2. The van der Waals surface area contributed by atoms with Gasteiger partial charge in [0.25, 0.3) is 5.91 Å². The number of phenols is 2. The normalized spacial score (nSPS) is 18.3. The van der Waals surface area contributed by atoms with Crippen molar-refractivity contribution in [3.05, 3.63) is 28.7 Å². The summed E-state index contributed by atoms with van der Waals surface area (Å²) in [7, 11) is 0. The Kier molecular flexibility index (Phi) is 4.19. The van der Waals surface area contributed by atoms with E-state index in [0.717, 1.165) is 16.7 Å². The van der Waals surface area contributed by atoms with Crippen LogP contribution in [0.5, 0.6) is 11.5 Å². The number of nitrogens with zero attached hydrogens (tertiary/aromatic N) is 1. The van der Waals surface area contributed by atoms with E-state index in [1.165, 1.54) is 31.2 Å². The molecule has 0 aromatic heterocycles. The summed E-state index contributed by atoms with van der Waals surface area (Å²) in [5, 5.41) is 29.5. The van der Waals surface area contributed by atoms with Crippen molar-refractivity contribution in [3.63, 3.8) is 0 Å². The first-order chi connectivity index (χ1) is 9.81. The molecule has 1 aromatic rings. The Morgan fingerprint density at radius 2 is 2.10 bits per heavy atom. The number of thioether (sulfide) groups is 1. The van der Waals surface area contributed by atoms with E-state index in [-0.39, 0.29) is 20.7 Å². The molecule has 1 amide bonds. The van der Waals surface area contributed by atoms with Crippen molar-refractivity contribution in [2.45, 2.75) is 13.0 Å². The Morgan fingerprint density at radius 3 is 2.67 bits per heavy atom. The Morgan fingerprint density at radius 1 is 1.43 bits per heavy atom. The highest BCUT2D eigenvalue weighted by molar-refractivity contribution is 8.26. The smallest absolute Gasteiger partial charge is 0.266 e. The third-order valence-corrected chi connectivity index (χ3v) is 4.18. The monoisotopic (exact) mass is 324 g/mol. The van der Waals surface area contributed by atoms with Crippen LogP contribution < -0.4 is 5.11 Å². The fourth-order valence-corrected chi connectivity index (χ4v) is 3.12. The van der Waals surface area contributed by atoms with Gasteiger partial charge in [-0.2, -0.15) is 0 Å². The Labute approximate surface area is 129 Å². The lowest BCUT2D eigenvalue weighted by molar-refractivity contribution is -0.309. The molecular formula is C13H10NO5S2-. The molecule has 1 fully saturated rings. The number of aliphatic carboxylic acids is 1. The van der Waals surface area contributed by atoms with E-state index in [4.69, 9.17) is 12.2 Å². The zero-order valence-corrected chi connectivity index (χ0v) is 12.4. The molecule has 0 radical (unpaired) electrons. The van der Waals surface area contributed by atoms with Crippen LogP contribution in [0.3, 0.4) is 0 Å². The molecule has 2 N–H and O–H groups in total. The molecule has 1 aliphatic heterocycles. The van der Waals surface area contributed by atoms with Gasteiger partial charge < -0.3 is 20.1 Å². The van der Waals surface area contributed by atoms with Gasteiger partial charge in [-0.05, 0) is 30.7 Å². The molecule has 1 atom stereocenters. The topological polar surface area (TPSA) is 101 Å². The first kappa shape index (κ1) is 15.3. The first-order valence-corrected chi connectivity index (χ1v) is 7.03. The number of amides is 1. The third kappa shape index (κ3) is 3.01. The Bertz CT molecular complexity index is 671. The van der Waals surface area contributed by atoms with Gasteiger partial charge in [0, 0.05) is 0 Å². The number of benzene rings is 1. The van der Waals surface area contributed by atoms with E-state index < -0.39 is 17.9 Å². The summed E-state index contributed by atoms with van der Waals surface area (Å²) in [6, 6.07) is 2.91. The molecule has 1 saturated heterocycles.